The van der Waals surface area contributed by atoms with Crippen molar-refractivity contribution in [3.05, 3.63) is 30.1 Å². The average Bonchev–Trinajstić information content (AvgIpc) is 2.47. The maximum atomic E-state index is 9.14. The molecule has 2 aromatic rings. The number of methoxy groups -OCH3 is 2. The van der Waals surface area contributed by atoms with Crippen LogP contribution in [0.4, 0.5) is 0 Å². The highest BCUT2D eigenvalue weighted by Gasteiger charge is 2.16. The van der Waals surface area contributed by atoms with Crippen LogP contribution in [0.25, 0.3) is 10.8 Å². The molecule has 0 radical (unpaired) electrons. The first-order valence-electron chi connectivity index (χ1n) is 5.71. The fraction of sp³-hybridized carbons (Fsp3) is 0.286. The van der Waals surface area contributed by atoms with Gasteiger partial charge >= 0.3 is 0 Å². The van der Waals surface area contributed by atoms with Crippen molar-refractivity contribution in [2.45, 2.75) is 5.92 Å². The van der Waals surface area contributed by atoms with E-state index in [1.54, 1.807) is 20.4 Å². The second kappa shape index (κ2) is 5.77. The molecule has 1 aromatic heterocycles. The number of hydrogen-bond donors (Lipinski definition) is 0. The number of nitriles is 1. The molecule has 0 bridgehead atoms. The first kappa shape index (κ1) is 13.4. The largest absolute Gasteiger partial charge is 0.493 e. The molecule has 0 aliphatic rings. The van der Waals surface area contributed by atoms with E-state index in [9.17, 15) is 0 Å². The molecule has 0 amide bonds. The zero-order valence-corrected chi connectivity index (χ0v) is 11.4. The van der Waals surface area contributed by atoms with Crippen LogP contribution >= 0.6 is 11.6 Å². The molecule has 1 unspecified atom stereocenters. The Hall–Kier alpha value is -1.99. The van der Waals surface area contributed by atoms with Crippen LogP contribution in [-0.4, -0.2) is 25.1 Å². The monoisotopic (exact) mass is 276 g/mol. The Morgan fingerprint density at radius 2 is 2.00 bits per heavy atom. The van der Waals surface area contributed by atoms with E-state index >= 15 is 0 Å². The van der Waals surface area contributed by atoms with Crippen molar-refractivity contribution in [2.75, 3.05) is 20.1 Å². The van der Waals surface area contributed by atoms with Crippen LogP contribution in [-0.2, 0) is 0 Å². The lowest BCUT2D eigenvalue weighted by Gasteiger charge is -2.12. The molecule has 0 aliphatic carbocycles. The maximum absolute atomic E-state index is 9.14. The summed E-state index contributed by atoms with van der Waals surface area (Å²) in [6.45, 7) is 0. The summed E-state index contributed by atoms with van der Waals surface area (Å²) in [6, 6.07) is 7.71. The Balaban J connectivity index is 2.71. The fourth-order valence-corrected chi connectivity index (χ4v) is 2.18. The van der Waals surface area contributed by atoms with Crippen molar-refractivity contribution in [3.63, 3.8) is 0 Å². The molecule has 1 heterocycles. The minimum atomic E-state index is -0.441. The molecular formula is C14H13ClN2O2. The van der Waals surface area contributed by atoms with E-state index in [-0.39, 0.29) is 5.88 Å². The highest BCUT2D eigenvalue weighted by atomic mass is 35.5. The lowest BCUT2D eigenvalue weighted by atomic mass is 10.0. The Morgan fingerprint density at radius 1 is 1.32 bits per heavy atom. The Labute approximate surface area is 116 Å². The highest BCUT2D eigenvalue weighted by Crippen LogP contribution is 2.34. The standard InChI is InChI=1S/C14H13ClN2O2/c1-18-12-5-9-3-4-17-14(10(7-15)8-16)11(9)6-13(12)19-2/h3-6,10H,7H2,1-2H3. The zero-order valence-electron chi connectivity index (χ0n) is 10.7. The van der Waals surface area contributed by atoms with Gasteiger partial charge in [-0.3, -0.25) is 4.98 Å². The summed E-state index contributed by atoms with van der Waals surface area (Å²) in [6.07, 6.45) is 1.67. The first-order chi connectivity index (χ1) is 9.24. The third-order valence-electron chi connectivity index (χ3n) is 2.94. The van der Waals surface area contributed by atoms with Crippen LogP contribution < -0.4 is 9.47 Å². The van der Waals surface area contributed by atoms with Crippen LogP contribution in [0.15, 0.2) is 24.4 Å². The van der Waals surface area contributed by atoms with Gasteiger partial charge in [-0.05, 0) is 23.6 Å². The van der Waals surface area contributed by atoms with Gasteiger partial charge in [-0.2, -0.15) is 5.26 Å². The second-order valence-electron chi connectivity index (χ2n) is 3.96. The minimum absolute atomic E-state index is 0.205. The molecule has 0 fully saturated rings. The molecule has 0 aliphatic heterocycles. The van der Waals surface area contributed by atoms with Gasteiger partial charge in [-0.25, -0.2) is 0 Å². The van der Waals surface area contributed by atoms with E-state index < -0.39 is 5.92 Å². The lowest BCUT2D eigenvalue weighted by molar-refractivity contribution is 0.356. The van der Waals surface area contributed by atoms with Gasteiger partial charge in [0.15, 0.2) is 11.5 Å². The highest BCUT2D eigenvalue weighted by molar-refractivity contribution is 6.18. The molecule has 2 rings (SSSR count). The molecule has 1 atom stereocenters. The topological polar surface area (TPSA) is 55.1 Å². The molecule has 1 aromatic carbocycles. The first-order valence-corrected chi connectivity index (χ1v) is 6.24. The van der Waals surface area contributed by atoms with Crippen molar-refractivity contribution >= 4 is 22.4 Å². The summed E-state index contributed by atoms with van der Waals surface area (Å²) in [5.74, 6) is 1.02. The number of hydrogen-bond acceptors (Lipinski definition) is 4. The van der Waals surface area contributed by atoms with Crippen LogP contribution in [0, 0.1) is 11.3 Å². The van der Waals surface area contributed by atoms with Crippen LogP contribution in [0.3, 0.4) is 0 Å². The van der Waals surface area contributed by atoms with Gasteiger partial charge in [0, 0.05) is 17.5 Å². The number of rotatable bonds is 4. The van der Waals surface area contributed by atoms with E-state index in [0.717, 1.165) is 10.8 Å². The van der Waals surface area contributed by atoms with Gasteiger partial charge in [0.2, 0.25) is 0 Å². The van der Waals surface area contributed by atoms with E-state index in [1.165, 1.54) is 0 Å². The average molecular weight is 277 g/mol. The van der Waals surface area contributed by atoms with Crippen LogP contribution in [0.1, 0.15) is 11.6 Å². The van der Waals surface area contributed by atoms with Gasteiger partial charge in [0.1, 0.15) is 5.92 Å². The van der Waals surface area contributed by atoms with Crippen molar-refractivity contribution < 1.29 is 9.47 Å². The molecule has 0 saturated heterocycles. The SMILES string of the molecule is COc1cc2ccnc(C(C#N)CCl)c2cc1OC. The van der Waals surface area contributed by atoms with Crippen molar-refractivity contribution in [2.24, 2.45) is 0 Å². The van der Waals surface area contributed by atoms with E-state index in [2.05, 4.69) is 11.1 Å². The van der Waals surface area contributed by atoms with Gasteiger partial charge in [-0.15, -0.1) is 11.6 Å². The molecular weight excluding hydrogens is 264 g/mol. The third-order valence-corrected chi connectivity index (χ3v) is 3.25. The number of benzene rings is 1. The van der Waals surface area contributed by atoms with Crippen molar-refractivity contribution in [3.8, 4) is 17.6 Å². The molecule has 0 spiro atoms. The molecule has 0 saturated carbocycles. The third kappa shape index (κ3) is 2.42. The Kier molecular flexibility index (Phi) is 4.08. The van der Waals surface area contributed by atoms with Crippen LogP contribution in [0.5, 0.6) is 11.5 Å². The number of alkyl halides is 1. The van der Waals surface area contributed by atoms with E-state index in [4.69, 9.17) is 26.3 Å². The molecule has 19 heavy (non-hydrogen) atoms. The van der Waals surface area contributed by atoms with Gasteiger partial charge < -0.3 is 9.47 Å². The number of aromatic nitrogens is 1. The summed E-state index contributed by atoms with van der Waals surface area (Å²) in [4.78, 5) is 4.28. The van der Waals surface area contributed by atoms with Gasteiger partial charge in [0.25, 0.3) is 0 Å². The number of fused-ring (bicyclic) bond motifs is 1. The summed E-state index contributed by atoms with van der Waals surface area (Å²) in [5.41, 5.74) is 0.663. The molecule has 0 N–H and O–H groups in total. The maximum Gasteiger partial charge on any atom is 0.161 e. The second-order valence-corrected chi connectivity index (χ2v) is 4.27. The van der Waals surface area contributed by atoms with E-state index in [0.29, 0.717) is 17.2 Å². The Bertz CT molecular complexity index is 637. The minimum Gasteiger partial charge on any atom is -0.493 e. The summed E-state index contributed by atoms with van der Waals surface area (Å²) in [7, 11) is 3.16. The zero-order chi connectivity index (χ0) is 13.8. The molecule has 4 nitrogen and oxygen atoms in total. The summed E-state index contributed by atoms with van der Waals surface area (Å²) in [5, 5.41) is 10.9. The van der Waals surface area contributed by atoms with E-state index in [1.807, 2.05) is 18.2 Å². The predicted molar refractivity (Wildman–Crippen MR) is 73.9 cm³/mol. The Morgan fingerprint density at radius 3 is 2.58 bits per heavy atom. The number of nitrogens with zero attached hydrogens (tertiary/aromatic N) is 2. The molecule has 5 heteroatoms. The smallest absolute Gasteiger partial charge is 0.161 e. The lowest BCUT2D eigenvalue weighted by Crippen LogP contribution is -2.02. The van der Waals surface area contributed by atoms with Crippen LogP contribution in [0.2, 0.25) is 0 Å². The number of ether oxygens (including phenoxy) is 2. The van der Waals surface area contributed by atoms with Crippen molar-refractivity contribution in [1.29, 1.82) is 5.26 Å². The quantitative estimate of drug-likeness (QED) is 0.805. The van der Waals surface area contributed by atoms with Gasteiger partial charge in [0.05, 0.1) is 26.0 Å². The number of halogens is 1. The summed E-state index contributed by atoms with van der Waals surface area (Å²) < 4.78 is 10.5. The van der Waals surface area contributed by atoms with Crippen molar-refractivity contribution in [1.82, 2.24) is 4.98 Å². The normalized spacial score (nSPS) is 11.9. The predicted octanol–water partition coefficient (Wildman–Crippen LogP) is 3.10. The van der Waals surface area contributed by atoms with Gasteiger partial charge in [-0.1, -0.05) is 0 Å². The number of pyridine rings is 1. The molecule has 98 valence electrons. The summed E-state index contributed by atoms with van der Waals surface area (Å²) >= 11 is 5.82. The fourth-order valence-electron chi connectivity index (χ4n) is 1.97.